The van der Waals surface area contributed by atoms with Crippen molar-refractivity contribution in [1.29, 1.82) is 0 Å². The number of imidazole rings is 1. The number of benzene rings is 2. The van der Waals surface area contributed by atoms with Gasteiger partial charge in [-0.2, -0.15) is 0 Å². The van der Waals surface area contributed by atoms with Gasteiger partial charge in [0.2, 0.25) is 5.88 Å². The molecule has 0 unspecified atom stereocenters. The number of hydrogen-bond acceptors (Lipinski definition) is 8. The average molecular weight is 601 g/mol. The van der Waals surface area contributed by atoms with Crippen LogP contribution in [0.3, 0.4) is 0 Å². The van der Waals surface area contributed by atoms with Crippen LogP contribution < -0.4 is 4.74 Å². The Morgan fingerprint density at radius 3 is 2.39 bits per heavy atom. The molecule has 13 heteroatoms. The summed E-state index contributed by atoms with van der Waals surface area (Å²) < 4.78 is 67.0. The van der Waals surface area contributed by atoms with Crippen LogP contribution in [-0.4, -0.2) is 46.4 Å². The molecule has 3 heterocycles. The highest BCUT2D eigenvalue weighted by Gasteiger charge is 2.24. The highest BCUT2D eigenvalue weighted by atomic mass is 35.5. The van der Waals surface area contributed by atoms with E-state index in [1.807, 2.05) is 0 Å². The molecular weight excluding hydrogens is 578 g/mol. The largest absolute Gasteiger partial charge is 0.479 e. The Labute approximate surface area is 239 Å². The molecule has 0 amide bonds. The molecule has 0 saturated heterocycles. The zero-order valence-electron chi connectivity index (χ0n) is 22.2. The van der Waals surface area contributed by atoms with E-state index in [9.17, 15) is 17.9 Å². The fraction of sp³-hybridized carbons (Fsp3) is 0.179. The summed E-state index contributed by atoms with van der Waals surface area (Å²) in [6.45, 7) is 2.60. The number of ether oxygens (including phenoxy) is 1. The van der Waals surface area contributed by atoms with Crippen molar-refractivity contribution < 1.29 is 31.5 Å². The van der Waals surface area contributed by atoms with E-state index < -0.39 is 28.1 Å². The minimum absolute atomic E-state index is 0.187. The number of halogens is 3. The Morgan fingerprint density at radius 2 is 1.78 bits per heavy atom. The van der Waals surface area contributed by atoms with Crippen LogP contribution in [0.15, 0.2) is 58.1 Å². The number of rotatable bonds is 7. The third-order valence-corrected chi connectivity index (χ3v) is 7.75. The van der Waals surface area contributed by atoms with Crippen molar-refractivity contribution in [2.45, 2.75) is 25.3 Å². The molecule has 1 N–H and O–H groups in total. The number of aliphatic hydroxyl groups excluding tert-OH is 1. The van der Waals surface area contributed by atoms with E-state index in [0.29, 0.717) is 28.3 Å². The first-order valence-corrected chi connectivity index (χ1v) is 14.4. The summed E-state index contributed by atoms with van der Waals surface area (Å²) in [7, 11) is -2.57. The molecule has 0 saturated carbocycles. The molecule has 3 aromatic heterocycles. The van der Waals surface area contributed by atoms with Crippen LogP contribution in [0.25, 0.3) is 39.4 Å². The average Bonchev–Trinajstić information content (AvgIpc) is 3.47. The zero-order valence-corrected chi connectivity index (χ0v) is 23.8. The van der Waals surface area contributed by atoms with E-state index >= 15 is 4.39 Å². The van der Waals surface area contributed by atoms with Crippen LogP contribution in [0, 0.1) is 25.5 Å². The van der Waals surface area contributed by atoms with Crippen LogP contribution in [0.4, 0.5) is 8.78 Å². The number of oxazole rings is 1. The lowest BCUT2D eigenvalue weighted by atomic mass is 9.97. The Balaban J connectivity index is 1.79. The molecule has 0 fully saturated rings. The van der Waals surface area contributed by atoms with Crippen LogP contribution in [0.5, 0.6) is 5.88 Å². The lowest BCUT2D eigenvalue weighted by molar-refractivity contribution is 0.272. The van der Waals surface area contributed by atoms with Gasteiger partial charge in [0.15, 0.2) is 27.3 Å². The molecule has 212 valence electrons. The van der Waals surface area contributed by atoms with Gasteiger partial charge >= 0.3 is 0 Å². The first kappa shape index (κ1) is 28.4. The molecule has 2 aromatic carbocycles. The molecule has 0 atom stereocenters. The van der Waals surface area contributed by atoms with Crippen molar-refractivity contribution in [2.24, 2.45) is 0 Å². The number of pyridine rings is 1. The summed E-state index contributed by atoms with van der Waals surface area (Å²) in [6, 6.07) is 8.73. The summed E-state index contributed by atoms with van der Waals surface area (Å²) in [5, 5.41) is 9.86. The van der Waals surface area contributed by atoms with E-state index in [1.165, 1.54) is 25.4 Å². The molecule has 9 nitrogen and oxygen atoms in total. The van der Waals surface area contributed by atoms with Crippen molar-refractivity contribution in [2.75, 3.05) is 13.4 Å². The molecule has 0 radical (unpaired) electrons. The maximum absolute atomic E-state index is 15.0. The lowest BCUT2D eigenvalue weighted by Gasteiger charge is -2.15. The predicted octanol–water partition coefficient (Wildman–Crippen LogP) is 5.71. The van der Waals surface area contributed by atoms with Gasteiger partial charge in [0.1, 0.15) is 22.5 Å². The van der Waals surface area contributed by atoms with E-state index in [0.717, 1.165) is 12.3 Å². The molecule has 0 bridgehead atoms. The minimum Gasteiger partial charge on any atom is -0.479 e. The van der Waals surface area contributed by atoms with Gasteiger partial charge in [-0.15, -0.1) is 0 Å². The van der Waals surface area contributed by atoms with E-state index in [1.54, 1.807) is 42.8 Å². The van der Waals surface area contributed by atoms with Crippen LogP contribution in [-0.2, 0) is 16.4 Å². The fourth-order valence-corrected chi connectivity index (χ4v) is 5.73. The minimum atomic E-state index is -3.87. The van der Waals surface area contributed by atoms with Gasteiger partial charge in [0.05, 0.1) is 24.3 Å². The SMILES string of the molecule is COc1ncc(-c2oc(C)nc2-c2cc(-c3cc(F)c(CO)c(S(C)(=O)=O)c3)ccc2-n2cc(Cl)nc2C)cc1F. The Morgan fingerprint density at radius 1 is 1.05 bits per heavy atom. The number of sulfone groups is 1. The van der Waals surface area contributed by atoms with Gasteiger partial charge in [-0.3, -0.25) is 0 Å². The Kier molecular flexibility index (Phi) is 7.41. The van der Waals surface area contributed by atoms with Gasteiger partial charge in [0.25, 0.3) is 0 Å². The molecule has 5 rings (SSSR count). The third-order valence-electron chi connectivity index (χ3n) is 6.41. The molecule has 41 heavy (non-hydrogen) atoms. The number of methoxy groups -OCH3 is 1. The first-order valence-electron chi connectivity index (χ1n) is 12.1. The van der Waals surface area contributed by atoms with E-state index in [2.05, 4.69) is 15.0 Å². The summed E-state index contributed by atoms with van der Waals surface area (Å²) in [6.07, 6.45) is 3.93. The van der Waals surface area contributed by atoms with Gasteiger partial charge in [0, 0.05) is 42.3 Å². The predicted molar refractivity (Wildman–Crippen MR) is 148 cm³/mol. The van der Waals surface area contributed by atoms with Crippen LogP contribution >= 0.6 is 11.6 Å². The van der Waals surface area contributed by atoms with Crippen molar-refractivity contribution in [1.82, 2.24) is 19.5 Å². The second kappa shape index (κ2) is 10.7. The summed E-state index contributed by atoms with van der Waals surface area (Å²) in [5.74, 6) is -0.721. The van der Waals surface area contributed by atoms with Crippen LogP contribution in [0.2, 0.25) is 5.15 Å². The normalized spacial score (nSPS) is 11.7. The Hall–Kier alpha value is -4.13. The lowest BCUT2D eigenvalue weighted by Crippen LogP contribution is -2.06. The standard InChI is InChI=1S/C28H23ClF2N4O5S/c1-14-33-25(29)12-35(14)23-6-5-16(17-8-21(30)20(13-36)24(10-17)41(4,37)38)7-19(23)26-27(40-15(2)34-26)18-9-22(31)28(39-3)32-11-18/h5-12,36H,13H2,1-4H3. The first-order chi connectivity index (χ1) is 19.4. The number of aliphatic hydroxyl groups is 1. The highest BCUT2D eigenvalue weighted by molar-refractivity contribution is 7.90. The van der Waals surface area contributed by atoms with Crippen molar-refractivity contribution in [3.63, 3.8) is 0 Å². The number of nitrogens with zero attached hydrogens (tertiary/aromatic N) is 4. The molecular formula is C28H23ClF2N4O5S. The van der Waals surface area contributed by atoms with Gasteiger partial charge in [-0.1, -0.05) is 17.7 Å². The zero-order chi connectivity index (χ0) is 29.6. The maximum Gasteiger partial charge on any atom is 0.250 e. The van der Waals surface area contributed by atoms with Crippen molar-refractivity contribution in [3.8, 4) is 45.3 Å². The van der Waals surface area contributed by atoms with Crippen molar-refractivity contribution >= 4 is 21.4 Å². The van der Waals surface area contributed by atoms with Crippen molar-refractivity contribution in [3.05, 3.63) is 82.9 Å². The quantitative estimate of drug-likeness (QED) is 0.252. The summed E-state index contributed by atoms with van der Waals surface area (Å²) >= 11 is 6.18. The summed E-state index contributed by atoms with van der Waals surface area (Å²) in [4.78, 5) is 12.5. The van der Waals surface area contributed by atoms with E-state index in [4.69, 9.17) is 20.8 Å². The second-order valence-electron chi connectivity index (χ2n) is 9.20. The maximum atomic E-state index is 15.0. The second-order valence-corrected chi connectivity index (χ2v) is 11.6. The molecule has 0 aliphatic heterocycles. The van der Waals surface area contributed by atoms with Gasteiger partial charge in [-0.05, 0) is 48.4 Å². The third kappa shape index (κ3) is 5.33. The number of aryl methyl sites for hydroxylation is 2. The van der Waals surface area contributed by atoms with Crippen LogP contribution in [0.1, 0.15) is 17.3 Å². The molecule has 0 aliphatic carbocycles. The molecule has 5 aromatic rings. The fourth-order valence-electron chi connectivity index (χ4n) is 4.56. The topological polar surface area (TPSA) is 120 Å². The molecule has 0 spiro atoms. The molecule has 0 aliphatic rings. The number of hydrogen-bond donors (Lipinski definition) is 1. The monoisotopic (exact) mass is 600 g/mol. The van der Waals surface area contributed by atoms with E-state index in [-0.39, 0.29) is 44.3 Å². The summed E-state index contributed by atoms with van der Waals surface area (Å²) in [5.41, 5.74) is 1.99. The Bertz CT molecular complexity index is 1920. The number of aromatic nitrogens is 4. The highest BCUT2D eigenvalue weighted by Crippen LogP contribution is 2.40. The van der Waals surface area contributed by atoms with Gasteiger partial charge in [-0.25, -0.2) is 32.2 Å². The smallest absolute Gasteiger partial charge is 0.250 e. The van der Waals surface area contributed by atoms with Gasteiger partial charge < -0.3 is 18.8 Å².